The van der Waals surface area contributed by atoms with Crippen LogP contribution in [0.3, 0.4) is 0 Å². The van der Waals surface area contributed by atoms with Gasteiger partial charge in [0.1, 0.15) is 10.3 Å². The van der Waals surface area contributed by atoms with Gasteiger partial charge in [0.2, 0.25) is 0 Å². The number of amides is 2. The highest BCUT2D eigenvalue weighted by Crippen LogP contribution is 2.28. The number of fused-ring (bicyclic) bond motifs is 1. The molecule has 2 amide bonds. The molecule has 0 aliphatic carbocycles. The fourth-order valence-electron chi connectivity index (χ4n) is 2.32. The maximum Gasteiger partial charge on any atom is 0.321 e. The van der Waals surface area contributed by atoms with E-state index in [1.165, 1.54) is 16.9 Å². The van der Waals surface area contributed by atoms with Gasteiger partial charge < -0.3 is 10.6 Å². The predicted molar refractivity (Wildman–Crippen MR) is 98.5 cm³/mol. The van der Waals surface area contributed by atoms with E-state index in [0.29, 0.717) is 18.2 Å². The summed E-state index contributed by atoms with van der Waals surface area (Å²) in [4.78, 5) is 21.7. The van der Waals surface area contributed by atoms with Gasteiger partial charge in [-0.3, -0.25) is 5.32 Å². The van der Waals surface area contributed by atoms with Crippen molar-refractivity contribution in [3.63, 3.8) is 0 Å². The third-order valence-electron chi connectivity index (χ3n) is 3.56. The summed E-state index contributed by atoms with van der Waals surface area (Å²) < 4.78 is 0. The van der Waals surface area contributed by atoms with Crippen molar-refractivity contribution in [1.82, 2.24) is 20.6 Å². The van der Waals surface area contributed by atoms with Gasteiger partial charge in [0.05, 0.1) is 5.69 Å². The molecule has 0 bridgehead atoms. The van der Waals surface area contributed by atoms with Gasteiger partial charge in [-0.1, -0.05) is 35.6 Å². The van der Waals surface area contributed by atoms with Crippen LogP contribution in [0.15, 0.2) is 36.4 Å². The fraction of sp³-hybridized carbons (Fsp3) is 0.235. The Labute approximate surface area is 144 Å². The molecular formula is C17H19N5OS. The molecule has 0 saturated heterocycles. The topological polar surface area (TPSA) is 78.9 Å². The number of thiazole rings is 1. The molecule has 24 heavy (non-hydrogen) atoms. The molecule has 3 N–H and O–H groups in total. The quantitative estimate of drug-likeness (QED) is 0.623. The van der Waals surface area contributed by atoms with Crippen molar-refractivity contribution in [1.29, 1.82) is 0 Å². The van der Waals surface area contributed by atoms with Gasteiger partial charge in [0.25, 0.3) is 0 Å². The number of likely N-dealkylation sites (N-methyl/N-ethyl adjacent to an activating group) is 1. The summed E-state index contributed by atoms with van der Waals surface area (Å²) in [6.07, 6.45) is 0. The summed E-state index contributed by atoms with van der Waals surface area (Å²) in [6, 6.07) is 11.8. The molecule has 0 aliphatic rings. The first-order valence-corrected chi connectivity index (χ1v) is 8.52. The summed E-state index contributed by atoms with van der Waals surface area (Å²) >= 11 is 1.37. The number of nitrogens with one attached hydrogen (secondary N) is 3. The maximum absolute atomic E-state index is 11.8. The number of carbonyl (C=O) groups excluding carboxylic acids is 1. The number of benzene rings is 1. The van der Waals surface area contributed by atoms with Crippen LogP contribution in [0.5, 0.6) is 0 Å². The molecule has 0 saturated carbocycles. The zero-order valence-electron chi connectivity index (χ0n) is 13.6. The Morgan fingerprint density at radius 2 is 1.96 bits per heavy atom. The van der Waals surface area contributed by atoms with Crippen molar-refractivity contribution in [2.24, 2.45) is 0 Å². The van der Waals surface area contributed by atoms with Crippen LogP contribution in [-0.4, -0.2) is 36.1 Å². The van der Waals surface area contributed by atoms with Gasteiger partial charge in [0, 0.05) is 18.7 Å². The van der Waals surface area contributed by atoms with Crippen LogP contribution >= 0.6 is 11.3 Å². The van der Waals surface area contributed by atoms with Crippen molar-refractivity contribution >= 4 is 32.8 Å². The summed E-state index contributed by atoms with van der Waals surface area (Å²) in [5, 5.41) is 9.02. The summed E-state index contributed by atoms with van der Waals surface area (Å²) in [5.74, 6) is 0. The van der Waals surface area contributed by atoms with E-state index in [0.717, 1.165) is 21.6 Å². The molecule has 0 spiro atoms. The number of anilines is 1. The molecule has 1 aromatic carbocycles. The highest BCUT2D eigenvalue weighted by atomic mass is 32.1. The maximum atomic E-state index is 11.8. The first-order chi connectivity index (χ1) is 11.7. The second kappa shape index (κ2) is 7.37. The van der Waals surface area contributed by atoms with E-state index in [1.54, 1.807) is 0 Å². The highest BCUT2D eigenvalue weighted by molar-refractivity contribution is 7.21. The van der Waals surface area contributed by atoms with E-state index < -0.39 is 0 Å². The molecule has 0 radical (unpaired) electrons. The Hall–Kier alpha value is -2.51. The molecule has 7 heteroatoms. The molecule has 124 valence electrons. The van der Waals surface area contributed by atoms with E-state index in [-0.39, 0.29) is 6.03 Å². The Morgan fingerprint density at radius 1 is 1.12 bits per heavy atom. The van der Waals surface area contributed by atoms with Crippen LogP contribution in [0, 0.1) is 6.92 Å². The van der Waals surface area contributed by atoms with E-state index >= 15 is 0 Å². The number of hydrogen-bond donors (Lipinski definition) is 3. The molecule has 6 nitrogen and oxygen atoms in total. The van der Waals surface area contributed by atoms with Crippen LogP contribution < -0.4 is 16.0 Å². The number of hydrogen-bond acceptors (Lipinski definition) is 5. The summed E-state index contributed by atoms with van der Waals surface area (Å²) in [7, 11) is 1.84. The highest BCUT2D eigenvalue weighted by Gasteiger charge is 2.10. The first kappa shape index (κ1) is 16.4. The van der Waals surface area contributed by atoms with Crippen LogP contribution in [0.2, 0.25) is 0 Å². The largest absolute Gasteiger partial charge is 0.337 e. The standard InChI is InChI=1S/C17H19N5OS/c1-11-5-3-4-6-12(11)13-7-8-14-15(20-13)24-17(21-14)22-16(23)19-10-9-18-2/h3-8,18H,9-10H2,1-2H3,(H2,19,21,22,23). The Morgan fingerprint density at radius 3 is 2.75 bits per heavy atom. The molecule has 0 fully saturated rings. The van der Waals surface area contributed by atoms with E-state index in [2.05, 4.69) is 45.0 Å². The Kier molecular flexibility index (Phi) is 5.02. The lowest BCUT2D eigenvalue weighted by atomic mass is 10.1. The molecule has 3 aromatic rings. The molecular weight excluding hydrogens is 322 g/mol. The Bertz CT molecular complexity index is 861. The molecule has 2 heterocycles. The van der Waals surface area contributed by atoms with Crippen molar-refractivity contribution in [2.45, 2.75) is 6.92 Å². The van der Waals surface area contributed by atoms with Gasteiger partial charge in [-0.2, -0.15) is 0 Å². The van der Waals surface area contributed by atoms with Crippen molar-refractivity contribution in [2.75, 3.05) is 25.5 Å². The third-order valence-corrected chi connectivity index (χ3v) is 4.44. The van der Waals surface area contributed by atoms with E-state index in [1.807, 2.05) is 31.3 Å². The minimum atomic E-state index is -0.261. The number of pyridine rings is 1. The molecule has 0 atom stereocenters. The lowest BCUT2D eigenvalue weighted by Crippen LogP contribution is -2.33. The van der Waals surface area contributed by atoms with Crippen molar-refractivity contribution in [3.05, 3.63) is 42.0 Å². The average molecular weight is 341 g/mol. The fourth-order valence-corrected chi connectivity index (χ4v) is 3.16. The van der Waals surface area contributed by atoms with E-state index in [9.17, 15) is 4.79 Å². The van der Waals surface area contributed by atoms with Gasteiger partial charge in [0.15, 0.2) is 5.13 Å². The first-order valence-electron chi connectivity index (χ1n) is 7.70. The van der Waals surface area contributed by atoms with Crippen LogP contribution in [0.25, 0.3) is 21.6 Å². The molecule has 0 aliphatic heterocycles. The number of aromatic nitrogens is 2. The van der Waals surface area contributed by atoms with Crippen molar-refractivity contribution < 1.29 is 4.79 Å². The normalized spacial score (nSPS) is 10.8. The predicted octanol–water partition coefficient (Wildman–Crippen LogP) is 3.01. The number of urea groups is 1. The lowest BCUT2D eigenvalue weighted by Gasteiger charge is -2.04. The number of nitrogens with zero attached hydrogens (tertiary/aromatic N) is 2. The summed E-state index contributed by atoms with van der Waals surface area (Å²) in [5.41, 5.74) is 3.97. The number of aryl methyl sites for hydroxylation is 1. The monoisotopic (exact) mass is 341 g/mol. The molecule has 0 unspecified atom stereocenters. The SMILES string of the molecule is CNCCNC(=O)Nc1nc2ccc(-c3ccccc3C)nc2s1. The number of rotatable bonds is 5. The minimum absolute atomic E-state index is 0.261. The van der Waals surface area contributed by atoms with Crippen LogP contribution in [0.1, 0.15) is 5.56 Å². The zero-order valence-corrected chi connectivity index (χ0v) is 14.4. The molecule has 2 aromatic heterocycles. The second-order valence-corrected chi connectivity index (χ2v) is 6.32. The second-order valence-electron chi connectivity index (χ2n) is 5.34. The molecule has 3 rings (SSSR count). The van der Waals surface area contributed by atoms with Crippen molar-refractivity contribution in [3.8, 4) is 11.3 Å². The third kappa shape index (κ3) is 3.69. The average Bonchev–Trinajstić information content (AvgIpc) is 2.96. The minimum Gasteiger partial charge on any atom is -0.337 e. The lowest BCUT2D eigenvalue weighted by molar-refractivity contribution is 0.252. The van der Waals surface area contributed by atoms with Gasteiger partial charge in [-0.15, -0.1) is 0 Å². The van der Waals surface area contributed by atoms with Gasteiger partial charge in [-0.25, -0.2) is 14.8 Å². The van der Waals surface area contributed by atoms with Crippen LogP contribution in [0.4, 0.5) is 9.93 Å². The smallest absolute Gasteiger partial charge is 0.321 e. The van der Waals surface area contributed by atoms with Gasteiger partial charge >= 0.3 is 6.03 Å². The van der Waals surface area contributed by atoms with Crippen LogP contribution in [-0.2, 0) is 0 Å². The number of carbonyl (C=O) groups is 1. The summed E-state index contributed by atoms with van der Waals surface area (Å²) in [6.45, 7) is 3.34. The zero-order chi connectivity index (χ0) is 16.9. The van der Waals surface area contributed by atoms with Gasteiger partial charge in [-0.05, 0) is 31.7 Å². The Balaban J connectivity index is 1.79. The van der Waals surface area contributed by atoms with E-state index in [4.69, 9.17) is 0 Å².